The van der Waals surface area contributed by atoms with Crippen molar-refractivity contribution in [2.75, 3.05) is 7.05 Å². The van der Waals surface area contributed by atoms with Crippen LogP contribution in [0, 0.1) is 12.8 Å². The topological polar surface area (TPSA) is 21.3 Å². The van der Waals surface area contributed by atoms with Crippen LogP contribution < -0.4 is 5.32 Å². The summed E-state index contributed by atoms with van der Waals surface area (Å²) in [5, 5.41) is 3.52. The molecular weight excluding hydrogens is 314 g/mol. The fourth-order valence-corrected chi connectivity index (χ4v) is 4.16. The highest BCUT2D eigenvalue weighted by molar-refractivity contribution is 9.10. The van der Waals surface area contributed by atoms with E-state index in [1.54, 1.807) is 0 Å². The first-order valence-electron chi connectivity index (χ1n) is 7.30. The Morgan fingerprint density at radius 3 is 2.40 bits per heavy atom. The van der Waals surface area contributed by atoms with Crippen molar-refractivity contribution in [1.29, 1.82) is 0 Å². The maximum atomic E-state index is 6.27. The molecule has 2 unspecified atom stereocenters. The molecule has 1 aliphatic heterocycles. The minimum absolute atomic E-state index is 0.0491. The van der Waals surface area contributed by atoms with Crippen molar-refractivity contribution in [3.05, 3.63) is 33.8 Å². The van der Waals surface area contributed by atoms with Crippen LogP contribution in [0.15, 0.2) is 22.7 Å². The first kappa shape index (κ1) is 16.0. The highest BCUT2D eigenvalue weighted by Gasteiger charge is 2.49. The number of ether oxygens (including phenoxy) is 1. The van der Waals surface area contributed by atoms with Crippen molar-refractivity contribution in [3.8, 4) is 0 Å². The SMILES string of the molecule is CNC(c1ccc(Br)cc1C)C1CC(C)(C)OC1(C)C. The Morgan fingerprint density at radius 2 is 1.95 bits per heavy atom. The minimum atomic E-state index is -0.114. The van der Waals surface area contributed by atoms with E-state index in [2.05, 4.69) is 74.1 Å². The molecule has 1 aliphatic rings. The van der Waals surface area contributed by atoms with Gasteiger partial charge in [-0.1, -0.05) is 22.0 Å². The van der Waals surface area contributed by atoms with Gasteiger partial charge in [0, 0.05) is 16.4 Å². The molecule has 3 heteroatoms. The summed E-state index contributed by atoms with van der Waals surface area (Å²) < 4.78 is 7.40. The summed E-state index contributed by atoms with van der Waals surface area (Å²) in [6.45, 7) is 11.0. The van der Waals surface area contributed by atoms with Gasteiger partial charge < -0.3 is 10.1 Å². The number of benzene rings is 1. The predicted octanol–water partition coefficient (Wildman–Crippen LogP) is 4.61. The highest BCUT2D eigenvalue weighted by atomic mass is 79.9. The lowest BCUT2D eigenvalue weighted by Crippen LogP contribution is -2.37. The van der Waals surface area contributed by atoms with E-state index in [1.165, 1.54) is 11.1 Å². The molecule has 1 N–H and O–H groups in total. The summed E-state index contributed by atoms with van der Waals surface area (Å²) in [5.41, 5.74) is 2.53. The highest BCUT2D eigenvalue weighted by Crippen LogP contribution is 2.48. The number of hydrogen-bond acceptors (Lipinski definition) is 2. The van der Waals surface area contributed by atoms with Crippen LogP contribution in [0.2, 0.25) is 0 Å². The summed E-state index contributed by atoms with van der Waals surface area (Å²) in [4.78, 5) is 0. The molecule has 2 rings (SSSR count). The van der Waals surface area contributed by atoms with Gasteiger partial charge in [-0.2, -0.15) is 0 Å². The lowest BCUT2D eigenvalue weighted by molar-refractivity contribution is -0.0776. The molecule has 112 valence electrons. The number of rotatable bonds is 3. The van der Waals surface area contributed by atoms with Crippen LogP contribution in [0.5, 0.6) is 0 Å². The van der Waals surface area contributed by atoms with Crippen LogP contribution in [0.3, 0.4) is 0 Å². The van der Waals surface area contributed by atoms with Crippen molar-refractivity contribution in [1.82, 2.24) is 5.32 Å². The van der Waals surface area contributed by atoms with Gasteiger partial charge in [0.05, 0.1) is 11.2 Å². The van der Waals surface area contributed by atoms with E-state index >= 15 is 0 Å². The van der Waals surface area contributed by atoms with Gasteiger partial charge in [-0.25, -0.2) is 0 Å². The Morgan fingerprint density at radius 1 is 1.30 bits per heavy atom. The second-order valence-electron chi connectivity index (χ2n) is 7.04. The maximum absolute atomic E-state index is 6.27. The van der Waals surface area contributed by atoms with Gasteiger partial charge in [-0.15, -0.1) is 0 Å². The fraction of sp³-hybridized carbons (Fsp3) is 0.647. The zero-order valence-electron chi connectivity index (χ0n) is 13.4. The van der Waals surface area contributed by atoms with Crippen LogP contribution in [0.1, 0.15) is 51.3 Å². The first-order chi connectivity index (χ1) is 9.16. The predicted molar refractivity (Wildman–Crippen MR) is 88.0 cm³/mol. The Kier molecular flexibility index (Phi) is 4.35. The maximum Gasteiger partial charge on any atom is 0.0681 e. The molecule has 0 aromatic heterocycles. The summed E-state index contributed by atoms with van der Waals surface area (Å²) in [5.74, 6) is 0.461. The van der Waals surface area contributed by atoms with Crippen molar-refractivity contribution in [2.24, 2.45) is 5.92 Å². The van der Waals surface area contributed by atoms with Gasteiger partial charge in [-0.05, 0) is 71.3 Å². The van der Waals surface area contributed by atoms with Gasteiger partial charge in [0.1, 0.15) is 0 Å². The summed E-state index contributed by atoms with van der Waals surface area (Å²) in [6, 6.07) is 6.86. The van der Waals surface area contributed by atoms with E-state index in [4.69, 9.17) is 4.74 Å². The average molecular weight is 340 g/mol. The van der Waals surface area contributed by atoms with Crippen LogP contribution >= 0.6 is 15.9 Å². The van der Waals surface area contributed by atoms with Crippen LogP contribution in [-0.2, 0) is 4.74 Å². The van der Waals surface area contributed by atoms with Gasteiger partial charge in [0.2, 0.25) is 0 Å². The largest absolute Gasteiger partial charge is 0.369 e. The smallest absolute Gasteiger partial charge is 0.0681 e. The van der Waals surface area contributed by atoms with E-state index in [0.29, 0.717) is 12.0 Å². The molecule has 1 saturated heterocycles. The van der Waals surface area contributed by atoms with Crippen molar-refractivity contribution >= 4 is 15.9 Å². The Bertz CT molecular complexity index is 496. The molecule has 0 radical (unpaired) electrons. The second-order valence-corrected chi connectivity index (χ2v) is 7.96. The number of nitrogens with one attached hydrogen (secondary N) is 1. The number of hydrogen-bond donors (Lipinski definition) is 1. The molecule has 0 spiro atoms. The average Bonchev–Trinajstić information content (AvgIpc) is 2.51. The third-order valence-corrected chi connectivity index (χ3v) is 4.92. The van der Waals surface area contributed by atoms with Crippen LogP contribution in [0.25, 0.3) is 0 Å². The van der Waals surface area contributed by atoms with Gasteiger partial charge in [0.25, 0.3) is 0 Å². The Labute approximate surface area is 131 Å². The molecule has 20 heavy (non-hydrogen) atoms. The number of halogens is 1. The zero-order chi connectivity index (χ0) is 15.1. The second kappa shape index (κ2) is 5.43. The molecule has 0 bridgehead atoms. The van der Waals surface area contributed by atoms with Crippen molar-refractivity contribution in [3.63, 3.8) is 0 Å². The van der Waals surface area contributed by atoms with E-state index < -0.39 is 0 Å². The van der Waals surface area contributed by atoms with Crippen molar-refractivity contribution in [2.45, 2.75) is 58.3 Å². The molecule has 1 fully saturated rings. The normalized spacial score (nSPS) is 25.6. The standard InChI is InChI=1S/C17H26BrNO/c1-11-9-12(18)7-8-13(11)15(19-6)14-10-16(2,3)20-17(14,4)5/h7-9,14-15,19H,10H2,1-6H3. The third kappa shape index (κ3) is 3.10. The molecule has 2 atom stereocenters. The molecule has 0 saturated carbocycles. The van der Waals surface area contributed by atoms with E-state index in [9.17, 15) is 0 Å². The quantitative estimate of drug-likeness (QED) is 0.867. The lowest BCUT2D eigenvalue weighted by Gasteiger charge is -2.34. The zero-order valence-corrected chi connectivity index (χ0v) is 15.0. The van der Waals surface area contributed by atoms with Gasteiger partial charge >= 0.3 is 0 Å². The monoisotopic (exact) mass is 339 g/mol. The summed E-state index contributed by atoms with van der Waals surface area (Å²) in [7, 11) is 2.05. The molecular formula is C17H26BrNO. The molecule has 2 nitrogen and oxygen atoms in total. The van der Waals surface area contributed by atoms with Gasteiger partial charge in [-0.3, -0.25) is 0 Å². The molecule has 1 heterocycles. The van der Waals surface area contributed by atoms with Crippen LogP contribution in [0.4, 0.5) is 0 Å². The van der Waals surface area contributed by atoms with E-state index in [1.807, 2.05) is 7.05 Å². The van der Waals surface area contributed by atoms with Crippen molar-refractivity contribution < 1.29 is 4.74 Å². The molecule has 0 aliphatic carbocycles. The fourth-order valence-electron chi connectivity index (χ4n) is 3.69. The number of aryl methyl sites for hydroxylation is 1. The summed E-state index contributed by atoms with van der Waals surface area (Å²) >= 11 is 3.55. The van der Waals surface area contributed by atoms with Crippen LogP contribution in [-0.4, -0.2) is 18.2 Å². The van der Waals surface area contributed by atoms with Gasteiger partial charge in [0.15, 0.2) is 0 Å². The summed E-state index contributed by atoms with van der Waals surface area (Å²) in [6.07, 6.45) is 1.07. The first-order valence-corrected chi connectivity index (χ1v) is 8.09. The Hall–Kier alpha value is -0.380. The van der Waals surface area contributed by atoms with E-state index in [0.717, 1.165) is 10.9 Å². The Balaban J connectivity index is 2.37. The molecule has 1 aromatic carbocycles. The third-order valence-electron chi connectivity index (χ3n) is 4.42. The minimum Gasteiger partial charge on any atom is -0.369 e. The molecule has 1 aromatic rings. The molecule has 0 amide bonds. The lowest BCUT2D eigenvalue weighted by atomic mass is 9.78. The van der Waals surface area contributed by atoms with E-state index in [-0.39, 0.29) is 11.2 Å².